The van der Waals surface area contributed by atoms with Crippen LogP contribution in [0.4, 0.5) is 4.79 Å². The number of rotatable bonds is 4. The molecule has 0 radical (unpaired) electrons. The number of methoxy groups -OCH3 is 1. The number of amides is 1. The SMILES string of the molecule is COc1cccc2c1ncc1c(=O)n(-c3cccc(Cl)c3)c(=O)n(C3CCN(C(=O)OC(C)C)CC3)c12. The minimum absolute atomic E-state index is 0.216. The van der Waals surface area contributed by atoms with Crippen molar-refractivity contribution in [1.82, 2.24) is 19.0 Å². The molecule has 0 spiro atoms. The van der Waals surface area contributed by atoms with Crippen molar-refractivity contribution in [3.63, 3.8) is 0 Å². The predicted octanol–water partition coefficient (Wildman–Crippen LogP) is 4.54. The summed E-state index contributed by atoms with van der Waals surface area (Å²) in [6.07, 6.45) is 1.95. The smallest absolute Gasteiger partial charge is 0.410 e. The highest BCUT2D eigenvalue weighted by molar-refractivity contribution is 6.30. The molecule has 0 N–H and O–H groups in total. The number of carbonyl (C=O) groups is 1. The van der Waals surface area contributed by atoms with Crippen molar-refractivity contribution in [1.29, 1.82) is 0 Å². The maximum atomic E-state index is 14.1. The zero-order valence-corrected chi connectivity index (χ0v) is 21.6. The third-order valence-corrected chi connectivity index (χ3v) is 6.85. The summed E-state index contributed by atoms with van der Waals surface area (Å²) in [5.74, 6) is 0.545. The summed E-state index contributed by atoms with van der Waals surface area (Å²) in [7, 11) is 1.55. The Balaban J connectivity index is 1.74. The molecular formula is C27H27ClN4O5. The van der Waals surface area contributed by atoms with Crippen molar-refractivity contribution < 1.29 is 14.3 Å². The quantitative estimate of drug-likeness (QED) is 0.365. The molecule has 37 heavy (non-hydrogen) atoms. The van der Waals surface area contributed by atoms with E-state index in [1.807, 2.05) is 26.0 Å². The Labute approximate surface area is 217 Å². The minimum Gasteiger partial charge on any atom is -0.494 e. The summed E-state index contributed by atoms with van der Waals surface area (Å²) in [6, 6.07) is 11.8. The first kappa shape index (κ1) is 24.8. The Morgan fingerprint density at radius 2 is 1.81 bits per heavy atom. The van der Waals surface area contributed by atoms with Crippen LogP contribution < -0.4 is 16.0 Å². The van der Waals surface area contributed by atoms with E-state index in [-0.39, 0.29) is 18.2 Å². The summed E-state index contributed by atoms with van der Waals surface area (Å²) < 4.78 is 13.7. The Kier molecular flexibility index (Phi) is 6.64. The van der Waals surface area contributed by atoms with E-state index < -0.39 is 11.2 Å². The van der Waals surface area contributed by atoms with E-state index in [0.717, 1.165) is 4.57 Å². The van der Waals surface area contributed by atoms with Gasteiger partial charge < -0.3 is 14.4 Å². The van der Waals surface area contributed by atoms with Crippen LogP contribution in [0, 0.1) is 0 Å². The topological polar surface area (TPSA) is 95.7 Å². The average Bonchev–Trinajstić information content (AvgIpc) is 2.88. The van der Waals surface area contributed by atoms with Crippen LogP contribution in [-0.4, -0.2) is 51.4 Å². The first-order valence-electron chi connectivity index (χ1n) is 12.1. The van der Waals surface area contributed by atoms with Gasteiger partial charge in [0, 0.05) is 35.7 Å². The highest BCUT2D eigenvalue weighted by atomic mass is 35.5. The van der Waals surface area contributed by atoms with Crippen LogP contribution in [0.15, 0.2) is 58.3 Å². The molecule has 1 saturated heterocycles. The van der Waals surface area contributed by atoms with Crippen molar-refractivity contribution in [3.8, 4) is 11.4 Å². The molecule has 1 aliphatic heterocycles. The van der Waals surface area contributed by atoms with Crippen LogP contribution in [-0.2, 0) is 4.74 Å². The van der Waals surface area contributed by atoms with Gasteiger partial charge in [0.15, 0.2) is 0 Å². The van der Waals surface area contributed by atoms with Crippen molar-refractivity contribution in [2.45, 2.75) is 38.8 Å². The predicted molar refractivity (Wildman–Crippen MR) is 142 cm³/mol. The first-order valence-corrected chi connectivity index (χ1v) is 12.5. The lowest BCUT2D eigenvalue weighted by molar-refractivity contribution is 0.0660. The molecule has 2 aromatic carbocycles. The number of hydrogen-bond acceptors (Lipinski definition) is 6. The van der Waals surface area contributed by atoms with Gasteiger partial charge in [0.25, 0.3) is 5.56 Å². The largest absolute Gasteiger partial charge is 0.494 e. The molecule has 10 heteroatoms. The molecule has 192 valence electrons. The minimum atomic E-state index is -0.478. The van der Waals surface area contributed by atoms with Gasteiger partial charge in [0.05, 0.1) is 29.8 Å². The molecule has 0 atom stereocenters. The van der Waals surface area contributed by atoms with Crippen LogP contribution in [0.3, 0.4) is 0 Å². The Morgan fingerprint density at radius 1 is 1.08 bits per heavy atom. The molecule has 0 saturated carbocycles. The standard InChI is InChI=1S/C27H27ClN4O5/c1-16(2)37-27(35)30-12-10-18(11-13-30)31-24-20-8-5-9-22(36-3)23(20)29-15-21(24)25(33)32(26(31)34)19-7-4-6-17(28)14-19/h4-9,14-16,18H,10-13H2,1-3H3. The monoisotopic (exact) mass is 522 g/mol. The molecule has 0 aliphatic carbocycles. The van der Waals surface area contributed by atoms with E-state index in [0.29, 0.717) is 64.2 Å². The fourth-order valence-corrected chi connectivity index (χ4v) is 5.12. The maximum absolute atomic E-state index is 14.1. The number of fused-ring (bicyclic) bond motifs is 3. The molecule has 1 amide bonds. The second kappa shape index (κ2) is 9.89. The molecular weight excluding hydrogens is 496 g/mol. The van der Waals surface area contributed by atoms with Crippen LogP contribution in [0.5, 0.6) is 5.75 Å². The molecule has 5 rings (SSSR count). The normalized spacial score (nSPS) is 14.5. The summed E-state index contributed by atoms with van der Waals surface area (Å²) in [4.78, 5) is 46.4. The number of benzene rings is 2. The van der Waals surface area contributed by atoms with Crippen molar-refractivity contribution in [2.75, 3.05) is 20.2 Å². The highest BCUT2D eigenvalue weighted by Crippen LogP contribution is 2.32. The zero-order valence-electron chi connectivity index (χ0n) is 20.8. The van der Waals surface area contributed by atoms with Crippen LogP contribution in [0.1, 0.15) is 32.7 Å². The van der Waals surface area contributed by atoms with Crippen LogP contribution >= 0.6 is 11.6 Å². The van der Waals surface area contributed by atoms with E-state index in [1.165, 1.54) is 6.20 Å². The average molecular weight is 523 g/mol. The molecule has 3 heterocycles. The maximum Gasteiger partial charge on any atom is 0.410 e. The van der Waals surface area contributed by atoms with Gasteiger partial charge in [0.1, 0.15) is 11.3 Å². The van der Waals surface area contributed by atoms with Gasteiger partial charge in [-0.2, -0.15) is 0 Å². The summed E-state index contributed by atoms with van der Waals surface area (Å²) in [6.45, 7) is 4.46. The van der Waals surface area contributed by atoms with Crippen molar-refractivity contribution >= 4 is 39.5 Å². The molecule has 2 aromatic heterocycles. The van der Waals surface area contributed by atoms with Gasteiger partial charge in [0.2, 0.25) is 0 Å². The van der Waals surface area contributed by atoms with Gasteiger partial charge in [-0.3, -0.25) is 14.3 Å². The van der Waals surface area contributed by atoms with E-state index in [2.05, 4.69) is 4.98 Å². The number of pyridine rings is 1. The summed E-state index contributed by atoms with van der Waals surface area (Å²) >= 11 is 6.20. The number of para-hydroxylation sites is 1. The third kappa shape index (κ3) is 4.44. The van der Waals surface area contributed by atoms with E-state index >= 15 is 0 Å². The molecule has 0 bridgehead atoms. The van der Waals surface area contributed by atoms with Gasteiger partial charge >= 0.3 is 11.8 Å². The number of aromatic nitrogens is 3. The molecule has 1 aliphatic rings. The number of piperidine rings is 1. The molecule has 9 nitrogen and oxygen atoms in total. The second-order valence-electron chi connectivity index (χ2n) is 9.30. The lowest BCUT2D eigenvalue weighted by Gasteiger charge is -2.33. The molecule has 0 unspecified atom stereocenters. The fourth-order valence-electron chi connectivity index (χ4n) is 4.94. The van der Waals surface area contributed by atoms with Crippen LogP contribution in [0.2, 0.25) is 5.02 Å². The zero-order chi connectivity index (χ0) is 26.3. The van der Waals surface area contributed by atoms with E-state index in [4.69, 9.17) is 21.1 Å². The lowest BCUT2D eigenvalue weighted by atomic mass is 10.0. The van der Waals surface area contributed by atoms with Crippen molar-refractivity contribution in [3.05, 3.63) is 74.5 Å². The van der Waals surface area contributed by atoms with Gasteiger partial charge in [-0.15, -0.1) is 0 Å². The number of likely N-dealkylation sites (tertiary alicyclic amines) is 1. The number of halogens is 1. The number of nitrogens with zero attached hydrogens (tertiary/aromatic N) is 4. The summed E-state index contributed by atoms with van der Waals surface area (Å²) in [5.41, 5.74) is 0.484. The van der Waals surface area contributed by atoms with Crippen LogP contribution in [0.25, 0.3) is 27.5 Å². The first-order chi connectivity index (χ1) is 17.8. The second-order valence-corrected chi connectivity index (χ2v) is 9.74. The number of hydrogen-bond donors (Lipinski definition) is 0. The van der Waals surface area contributed by atoms with Gasteiger partial charge in [-0.25, -0.2) is 14.2 Å². The number of ether oxygens (including phenoxy) is 2. The van der Waals surface area contributed by atoms with Crippen molar-refractivity contribution in [2.24, 2.45) is 0 Å². The summed E-state index contributed by atoms with van der Waals surface area (Å²) in [5, 5.41) is 1.36. The van der Waals surface area contributed by atoms with Gasteiger partial charge in [-0.1, -0.05) is 29.8 Å². The molecule has 1 fully saturated rings. The lowest BCUT2D eigenvalue weighted by Crippen LogP contribution is -2.45. The number of carbonyl (C=O) groups excluding carboxylic acids is 1. The fraction of sp³-hybridized carbons (Fsp3) is 0.333. The third-order valence-electron chi connectivity index (χ3n) is 6.61. The Hall–Kier alpha value is -3.85. The highest BCUT2D eigenvalue weighted by Gasteiger charge is 2.29. The Morgan fingerprint density at radius 3 is 2.49 bits per heavy atom. The Bertz CT molecular complexity index is 1620. The van der Waals surface area contributed by atoms with E-state index in [9.17, 15) is 14.4 Å². The van der Waals surface area contributed by atoms with E-state index in [1.54, 1.807) is 46.9 Å². The van der Waals surface area contributed by atoms with Gasteiger partial charge in [-0.05, 0) is 51.0 Å². The molecule has 4 aromatic rings.